The molecule has 0 spiro atoms. The molecule has 2 heterocycles. The van der Waals surface area contributed by atoms with Gasteiger partial charge < -0.3 is 14.2 Å². The molecular formula is C23H21F5O5S. The lowest BCUT2D eigenvalue weighted by Crippen LogP contribution is -2.57. The monoisotopic (exact) mass is 504 g/mol. The highest BCUT2D eigenvalue weighted by atomic mass is 32.2. The maximum Gasteiger partial charge on any atom is 0.422 e. The van der Waals surface area contributed by atoms with E-state index in [2.05, 4.69) is 11.3 Å². The Morgan fingerprint density at radius 2 is 1.79 bits per heavy atom. The molecule has 0 bridgehead atoms. The summed E-state index contributed by atoms with van der Waals surface area (Å²) in [5, 5.41) is 0. The Balaban J connectivity index is 1.85. The lowest BCUT2D eigenvalue weighted by molar-refractivity contribution is -0.153. The van der Waals surface area contributed by atoms with Crippen molar-refractivity contribution < 1.29 is 44.6 Å². The van der Waals surface area contributed by atoms with Gasteiger partial charge in [0.05, 0.1) is 23.2 Å². The molecule has 2 aromatic rings. The maximum absolute atomic E-state index is 15.2. The van der Waals surface area contributed by atoms with Crippen molar-refractivity contribution in [3.63, 3.8) is 0 Å². The largest absolute Gasteiger partial charge is 0.490 e. The minimum absolute atomic E-state index is 0.0452. The van der Waals surface area contributed by atoms with Crippen molar-refractivity contribution in [1.29, 1.82) is 0 Å². The third kappa shape index (κ3) is 4.04. The lowest BCUT2D eigenvalue weighted by atomic mass is 9.75. The van der Waals surface area contributed by atoms with Crippen molar-refractivity contribution >= 4 is 9.84 Å². The SMILES string of the molecule is C=CC[C@@H]1OCC[C@@]2(S(=O)(=O)c3ccc(OCC(F)(F)F)cc3)c3c(F)ccc(F)c3OCC12. The first-order valence-electron chi connectivity index (χ1n) is 10.4. The molecule has 0 radical (unpaired) electrons. The van der Waals surface area contributed by atoms with Crippen molar-refractivity contribution in [2.45, 2.75) is 34.8 Å². The normalized spacial score (nSPS) is 24.5. The maximum atomic E-state index is 15.2. The van der Waals surface area contributed by atoms with Crippen LogP contribution in [0.3, 0.4) is 0 Å². The molecule has 0 amide bonds. The summed E-state index contributed by atoms with van der Waals surface area (Å²) in [6.45, 7) is 1.83. The van der Waals surface area contributed by atoms with Crippen molar-refractivity contribution in [1.82, 2.24) is 0 Å². The highest BCUT2D eigenvalue weighted by Crippen LogP contribution is 2.55. The van der Waals surface area contributed by atoms with E-state index in [9.17, 15) is 26.0 Å². The zero-order chi connectivity index (χ0) is 24.7. The molecule has 1 saturated heterocycles. The van der Waals surface area contributed by atoms with Crippen LogP contribution in [-0.4, -0.2) is 40.5 Å². The summed E-state index contributed by atoms with van der Waals surface area (Å²) in [6, 6.07) is 6.08. The topological polar surface area (TPSA) is 61.8 Å². The molecule has 0 saturated carbocycles. The minimum atomic E-state index is -4.56. The second-order valence-corrected chi connectivity index (χ2v) is 10.3. The van der Waals surface area contributed by atoms with Crippen LogP contribution in [0.5, 0.6) is 11.5 Å². The van der Waals surface area contributed by atoms with E-state index in [1.807, 2.05) is 0 Å². The average molecular weight is 504 g/mol. The zero-order valence-corrected chi connectivity index (χ0v) is 18.6. The Labute approximate surface area is 193 Å². The highest BCUT2D eigenvalue weighted by molar-refractivity contribution is 7.92. The van der Waals surface area contributed by atoms with Crippen LogP contribution in [0.25, 0.3) is 0 Å². The van der Waals surface area contributed by atoms with Crippen LogP contribution in [0.2, 0.25) is 0 Å². The average Bonchev–Trinajstić information content (AvgIpc) is 2.79. The number of alkyl halides is 3. The van der Waals surface area contributed by atoms with Crippen LogP contribution in [-0.2, 0) is 19.3 Å². The molecule has 2 aliphatic rings. The van der Waals surface area contributed by atoms with Gasteiger partial charge in [-0.15, -0.1) is 6.58 Å². The molecule has 1 unspecified atom stereocenters. The van der Waals surface area contributed by atoms with Crippen LogP contribution < -0.4 is 9.47 Å². The van der Waals surface area contributed by atoms with Gasteiger partial charge in [-0.05, 0) is 49.2 Å². The summed E-state index contributed by atoms with van der Waals surface area (Å²) in [7, 11) is -4.43. The number of ether oxygens (including phenoxy) is 3. The van der Waals surface area contributed by atoms with Crippen LogP contribution in [0.15, 0.2) is 53.9 Å². The molecule has 11 heteroatoms. The van der Waals surface area contributed by atoms with E-state index in [0.29, 0.717) is 0 Å². The van der Waals surface area contributed by atoms with Crippen LogP contribution in [0.1, 0.15) is 18.4 Å². The van der Waals surface area contributed by atoms with Gasteiger partial charge in [-0.1, -0.05) is 6.08 Å². The quantitative estimate of drug-likeness (QED) is 0.412. The zero-order valence-electron chi connectivity index (χ0n) is 17.8. The van der Waals surface area contributed by atoms with Gasteiger partial charge in [-0.2, -0.15) is 13.2 Å². The van der Waals surface area contributed by atoms with Gasteiger partial charge in [0.1, 0.15) is 16.3 Å². The number of hydrogen-bond acceptors (Lipinski definition) is 5. The van der Waals surface area contributed by atoms with E-state index in [0.717, 1.165) is 36.4 Å². The first-order chi connectivity index (χ1) is 16.0. The molecule has 3 atom stereocenters. The van der Waals surface area contributed by atoms with E-state index >= 15 is 4.39 Å². The molecule has 184 valence electrons. The fourth-order valence-corrected chi connectivity index (χ4v) is 7.06. The van der Waals surface area contributed by atoms with Gasteiger partial charge >= 0.3 is 6.18 Å². The Bertz CT molecular complexity index is 1180. The van der Waals surface area contributed by atoms with Crippen molar-refractivity contribution in [3.05, 3.63) is 66.3 Å². The smallest absolute Gasteiger partial charge is 0.422 e. The number of benzene rings is 2. The second-order valence-electron chi connectivity index (χ2n) is 8.10. The van der Waals surface area contributed by atoms with Gasteiger partial charge in [0.15, 0.2) is 28.0 Å². The summed E-state index contributed by atoms with van der Waals surface area (Å²) < 4.78 is 109. The first-order valence-corrected chi connectivity index (χ1v) is 11.9. The van der Waals surface area contributed by atoms with Gasteiger partial charge in [-0.3, -0.25) is 0 Å². The molecule has 1 fully saturated rings. The molecule has 2 aliphatic heterocycles. The summed E-state index contributed by atoms with van der Waals surface area (Å²) in [4.78, 5) is -0.271. The van der Waals surface area contributed by atoms with Crippen LogP contribution >= 0.6 is 0 Å². The molecular weight excluding hydrogens is 483 g/mol. The number of hydrogen-bond donors (Lipinski definition) is 0. The third-order valence-corrected chi connectivity index (χ3v) is 8.72. The van der Waals surface area contributed by atoms with E-state index in [1.54, 1.807) is 0 Å². The molecule has 34 heavy (non-hydrogen) atoms. The Kier molecular flexibility index (Phi) is 6.36. The van der Waals surface area contributed by atoms with Gasteiger partial charge in [0, 0.05) is 12.5 Å². The van der Waals surface area contributed by atoms with Gasteiger partial charge in [0.25, 0.3) is 0 Å². The van der Waals surface area contributed by atoms with Crippen molar-refractivity contribution in [3.8, 4) is 11.5 Å². The lowest BCUT2D eigenvalue weighted by Gasteiger charge is -2.50. The molecule has 0 aromatic heterocycles. The van der Waals surface area contributed by atoms with Gasteiger partial charge in [0.2, 0.25) is 0 Å². The Morgan fingerprint density at radius 1 is 1.12 bits per heavy atom. The van der Waals surface area contributed by atoms with Crippen LogP contribution in [0, 0.1) is 17.6 Å². The van der Waals surface area contributed by atoms with E-state index in [-0.39, 0.29) is 36.7 Å². The predicted octanol–water partition coefficient (Wildman–Crippen LogP) is 4.95. The first kappa shape index (κ1) is 24.5. The standard InChI is InChI=1S/C23H21F5O5S/c1-2-3-19-16-12-32-21-18(25)9-8-17(24)20(21)22(16,10-11-31-19)34(29,30)15-6-4-14(5-7-15)33-13-23(26,27)28/h2,4-9,16,19H,1,3,10-13H2/t16?,19-,22-/m0/s1. The van der Waals surface area contributed by atoms with E-state index in [1.165, 1.54) is 6.08 Å². The number of rotatable bonds is 6. The minimum Gasteiger partial charge on any atom is -0.490 e. The fraction of sp³-hybridized carbons (Fsp3) is 0.391. The molecule has 4 rings (SSSR count). The van der Waals surface area contributed by atoms with E-state index < -0.39 is 62.3 Å². The van der Waals surface area contributed by atoms with Crippen molar-refractivity contribution in [2.24, 2.45) is 5.92 Å². The Morgan fingerprint density at radius 3 is 2.44 bits per heavy atom. The summed E-state index contributed by atoms with van der Waals surface area (Å²) in [6.07, 6.45) is -3.63. The van der Waals surface area contributed by atoms with Crippen molar-refractivity contribution in [2.75, 3.05) is 19.8 Å². The summed E-state index contributed by atoms with van der Waals surface area (Å²) in [5.74, 6) is -3.38. The highest BCUT2D eigenvalue weighted by Gasteiger charge is 2.61. The third-order valence-electron chi connectivity index (χ3n) is 6.16. The number of sulfone groups is 1. The number of halogens is 5. The van der Waals surface area contributed by atoms with Gasteiger partial charge in [-0.25, -0.2) is 17.2 Å². The molecule has 2 aromatic carbocycles. The molecule has 5 nitrogen and oxygen atoms in total. The number of fused-ring (bicyclic) bond motifs is 3. The summed E-state index contributed by atoms with van der Waals surface area (Å²) >= 11 is 0. The molecule has 0 N–H and O–H groups in total. The Hall–Kier alpha value is -2.66. The summed E-state index contributed by atoms with van der Waals surface area (Å²) in [5.41, 5.74) is -0.404. The predicted molar refractivity (Wildman–Crippen MR) is 111 cm³/mol. The second kappa shape index (κ2) is 8.84. The fourth-order valence-electron chi connectivity index (χ4n) is 4.71. The molecule has 0 aliphatic carbocycles. The van der Waals surface area contributed by atoms with Crippen LogP contribution in [0.4, 0.5) is 22.0 Å². The van der Waals surface area contributed by atoms with E-state index in [4.69, 9.17) is 9.47 Å².